The zero-order chi connectivity index (χ0) is 23.1. The first kappa shape index (κ1) is 23.4. The quantitative estimate of drug-likeness (QED) is 0.333. The molecule has 1 aliphatic heterocycles. The van der Waals surface area contributed by atoms with Gasteiger partial charge < -0.3 is 9.47 Å². The van der Waals surface area contributed by atoms with Crippen LogP contribution in [-0.4, -0.2) is 29.2 Å². The summed E-state index contributed by atoms with van der Waals surface area (Å²) in [4.78, 5) is 26.3. The zero-order valence-electron chi connectivity index (χ0n) is 18.4. The van der Waals surface area contributed by atoms with Crippen molar-refractivity contribution in [1.29, 1.82) is 0 Å². The van der Waals surface area contributed by atoms with Gasteiger partial charge in [0.2, 0.25) is 0 Å². The minimum atomic E-state index is -0.317. The summed E-state index contributed by atoms with van der Waals surface area (Å²) in [6.45, 7) is 12.5. The maximum absolute atomic E-state index is 12.6. The second-order valence-electron chi connectivity index (χ2n) is 7.29. The highest BCUT2D eigenvalue weighted by Crippen LogP contribution is 2.37. The van der Waals surface area contributed by atoms with Crippen LogP contribution in [0.2, 0.25) is 0 Å². The number of carbonyl (C=O) groups excluding carboxylic acids is 2. The molecule has 1 heterocycles. The van der Waals surface area contributed by atoms with Crippen LogP contribution in [0.25, 0.3) is 6.08 Å². The van der Waals surface area contributed by atoms with Crippen molar-refractivity contribution in [2.45, 2.75) is 26.9 Å². The van der Waals surface area contributed by atoms with E-state index in [1.807, 2.05) is 38.1 Å². The Morgan fingerprint density at radius 1 is 1.06 bits per heavy atom. The normalized spacial score (nSPS) is 14.7. The predicted octanol–water partition coefficient (Wildman–Crippen LogP) is 5.92. The standard InChI is InChI=1S/C26H27NO4S/c1-5-8-21-14-20(16-23-25(28)27(13-6-2)26(29)32-23)15-22(30-7-3)24(21)31-17-19-11-9-18(4)10-12-19/h5-6,9-12,14-16H,1-2,7-8,13,17H2,3-4H3/b23-16+. The molecule has 3 rings (SSSR count). The molecule has 0 N–H and O–H groups in total. The summed E-state index contributed by atoms with van der Waals surface area (Å²) in [6.07, 6.45) is 5.62. The van der Waals surface area contributed by atoms with Gasteiger partial charge in [-0.05, 0) is 61.4 Å². The number of carbonyl (C=O) groups is 2. The van der Waals surface area contributed by atoms with Crippen LogP contribution in [0, 0.1) is 6.92 Å². The number of amides is 2. The van der Waals surface area contributed by atoms with E-state index in [4.69, 9.17) is 9.47 Å². The monoisotopic (exact) mass is 449 g/mol. The number of hydrogen-bond acceptors (Lipinski definition) is 5. The lowest BCUT2D eigenvalue weighted by Crippen LogP contribution is -2.27. The maximum atomic E-state index is 12.6. The summed E-state index contributed by atoms with van der Waals surface area (Å²) in [5.41, 5.74) is 3.91. The van der Waals surface area contributed by atoms with Gasteiger partial charge in [-0.1, -0.05) is 42.0 Å². The molecule has 0 aromatic heterocycles. The molecule has 1 saturated heterocycles. The van der Waals surface area contributed by atoms with E-state index in [9.17, 15) is 9.59 Å². The van der Waals surface area contributed by atoms with Crippen molar-refractivity contribution < 1.29 is 19.1 Å². The Labute approximate surface area is 193 Å². The molecule has 0 aliphatic carbocycles. The first-order chi connectivity index (χ1) is 15.5. The summed E-state index contributed by atoms with van der Waals surface area (Å²) in [5.74, 6) is 0.933. The van der Waals surface area contributed by atoms with Crippen molar-refractivity contribution in [2.24, 2.45) is 0 Å². The van der Waals surface area contributed by atoms with Crippen molar-refractivity contribution in [3.8, 4) is 11.5 Å². The van der Waals surface area contributed by atoms with Gasteiger partial charge in [-0.2, -0.15) is 0 Å². The van der Waals surface area contributed by atoms with Gasteiger partial charge in [0.1, 0.15) is 6.61 Å². The fourth-order valence-electron chi connectivity index (χ4n) is 3.28. The number of aryl methyl sites for hydroxylation is 1. The van der Waals surface area contributed by atoms with Gasteiger partial charge in [-0.15, -0.1) is 13.2 Å². The molecular formula is C26H27NO4S. The first-order valence-electron chi connectivity index (χ1n) is 10.4. The highest BCUT2D eigenvalue weighted by molar-refractivity contribution is 8.18. The molecular weight excluding hydrogens is 422 g/mol. The van der Waals surface area contributed by atoms with E-state index in [2.05, 4.69) is 25.3 Å². The molecule has 5 nitrogen and oxygen atoms in total. The first-order valence-corrected chi connectivity index (χ1v) is 11.2. The van der Waals surface area contributed by atoms with Crippen molar-refractivity contribution >= 4 is 29.0 Å². The second kappa shape index (κ2) is 10.9. The van der Waals surface area contributed by atoms with Crippen molar-refractivity contribution in [1.82, 2.24) is 4.90 Å². The lowest BCUT2D eigenvalue weighted by molar-refractivity contribution is -0.122. The van der Waals surface area contributed by atoms with Gasteiger partial charge in [0.05, 0.1) is 11.5 Å². The number of thioether (sulfide) groups is 1. The Bertz CT molecular complexity index is 1060. The third kappa shape index (κ3) is 5.51. The van der Waals surface area contributed by atoms with E-state index in [-0.39, 0.29) is 17.7 Å². The Balaban J connectivity index is 1.94. The van der Waals surface area contributed by atoms with Crippen LogP contribution in [0.15, 0.2) is 66.6 Å². The van der Waals surface area contributed by atoms with Crippen LogP contribution in [0.4, 0.5) is 4.79 Å². The molecule has 0 bridgehead atoms. The number of allylic oxidation sites excluding steroid dienone is 1. The van der Waals surface area contributed by atoms with Crippen LogP contribution in [0.1, 0.15) is 29.2 Å². The number of rotatable bonds is 10. The van der Waals surface area contributed by atoms with Crippen molar-refractivity contribution in [3.63, 3.8) is 0 Å². The lowest BCUT2D eigenvalue weighted by atomic mass is 10.0. The van der Waals surface area contributed by atoms with E-state index in [1.54, 1.807) is 12.2 Å². The molecule has 6 heteroatoms. The van der Waals surface area contributed by atoms with E-state index in [1.165, 1.54) is 16.5 Å². The van der Waals surface area contributed by atoms with E-state index >= 15 is 0 Å². The van der Waals surface area contributed by atoms with E-state index < -0.39 is 0 Å². The molecule has 2 amide bonds. The van der Waals surface area contributed by atoms with Gasteiger partial charge >= 0.3 is 0 Å². The Morgan fingerprint density at radius 2 is 1.81 bits per heavy atom. The molecule has 1 fully saturated rings. The Hall–Kier alpha value is -3.25. The summed E-state index contributed by atoms with van der Waals surface area (Å²) >= 11 is 0.926. The molecule has 2 aromatic rings. The van der Waals surface area contributed by atoms with Gasteiger partial charge in [-0.25, -0.2) is 0 Å². The zero-order valence-corrected chi connectivity index (χ0v) is 19.2. The molecule has 2 aromatic carbocycles. The number of nitrogens with zero attached hydrogens (tertiary/aromatic N) is 1. The smallest absolute Gasteiger partial charge is 0.293 e. The summed E-state index contributed by atoms with van der Waals surface area (Å²) < 4.78 is 12.0. The van der Waals surface area contributed by atoms with Crippen LogP contribution in [-0.2, 0) is 17.8 Å². The number of ether oxygens (including phenoxy) is 2. The average Bonchev–Trinajstić information content (AvgIpc) is 3.02. The fourth-order valence-corrected chi connectivity index (χ4v) is 4.13. The molecule has 32 heavy (non-hydrogen) atoms. The average molecular weight is 450 g/mol. The largest absolute Gasteiger partial charge is 0.490 e. The van der Waals surface area contributed by atoms with E-state index in [0.29, 0.717) is 36.0 Å². The SMILES string of the molecule is C=CCc1cc(/C=C2/SC(=O)N(CC=C)C2=O)cc(OCC)c1OCc1ccc(C)cc1. The van der Waals surface area contributed by atoms with Crippen molar-refractivity contribution in [3.05, 3.63) is 88.9 Å². The molecule has 1 aliphatic rings. The second-order valence-corrected chi connectivity index (χ2v) is 8.28. The maximum Gasteiger partial charge on any atom is 0.293 e. The van der Waals surface area contributed by atoms with Gasteiger partial charge in [0, 0.05) is 12.1 Å². The van der Waals surface area contributed by atoms with Crippen molar-refractivity contribution in [2.75, 3.05) is 13.2 Å². The van der Waals surface area contributed by atoms with Gasteiger partial charge in [-0.3, -0.25) is 14.5 Å². The predicted molar refractivity (Wildman–Crippen MR) is 130 cm³/mol. The molecule has 0 radical (unpaired) electrons. The summed E-state index contributed by atoms with van der Waals surface area (Å²) in [5, 5.41) is -0.296. The lowest BCUT2D eigenvalue weighted by Gasteiger charge is -2.17. The molecule has 0 spiro atoms. The number of benzene rings is 2. The Morgan fingerprint density at radius 3 is 2.47 bits per heavy atom. The molecule has 0 saturated carbocycles. The number of hydrogen-bond donors (Lipinski definition) is 0. The van der Waals surface area contributed by atoms with Crippen LogP contribution in [0.3, 0.4) is 0 Å². The topological polar surface area (TPSA) is 55.8 Å². The van der Waals surface area contributed by atoms with Crippen LogP contribution >= 0.6 is 11.8 Å². The molecule has 0 unspecified atom stereocenters. The fraction of sp³-hybridized carbons (Fsp3) is 0.231. The van der Waals surface area contributed by atoms with Crippen LogP contribution < -0.4 is 9.47 Å². The van der Waals surface area contributed by atoms with Crippen LogP contribution in [0.5, 0.6) is 11.5 Å². The van der Waals surface area contributed by atoms with E-state index in [0.717, 1.165) is 28.5 Å². The summed E-state index contributed by atoms with van der Waals surface area (Å²) in [7, 11) is 0. The molecule has 166 valence electrons. The summed E-state index contributed by atoms with van der Waals surface area (Å²) in [6, 6.07) is 12.0. The minimum Gasteiger partial charge on any atom is -0.490 e. The highest BCUT2D eigenvalue weighted by Gasteiger charge is 2.34. The van der Waals surface area contributed by atoms with Gasteiger partial charge in [0.25, 0.3) is 11.1 Å². The third-order valence-electron chi connectivity index (χ3n) is 4.80. The molecule has 0 atom stereocenters. The third-order valence-corrected chi connectivity index (χ3v) is 5.71. The van der Waals surface area contributed by atoms with Gasteiger partial charge in [0.15, 0.2) is 11.5 Å². The Kier molecular flexibility index (Phi) is 7.95. The highest BCUT2D eigenvalue weighted by atomic mass is 32.2. The number of imide groups is 1. The minimum absolute atomic E-state index is 0.194.